The number of hydrogen-bond donors (Lipinski definition) is 1. The number of benzene rings is 1. The predicted octanol–water partition coefficient (Wildman–Crippen LogP) is 1.74. The normalized spacial score (nSPS) is 21.2. The van der Waals surface area contributed by atoms with Crippen molar-refractivity contribution in [3.05, 3.63) is 29.8 Å². The topological polar surface area (TPSA) is 73.2 Å². The maximum atomic E-state index is 12.7. The minimum atomic E-state index is -3.44. The van der Waals surface area contributed by atoms with Gasteiger partial charge in [0.1, 0.15) is 0 Å². The second-order valence-electron chi connectivity index (χ2n) is 5.97. The average molecular weight is 342 g/mol. The molecule has 2 saturated heterocycles. The molecular weight excluding hydrogens is 322 g/mol. The molecule has 0 radical (unpaired) electrons. The Morgan fingerprint density at radius 1 is 1.14 bits per heavy atom. The van der Waals surface area contributed by atoms with Crippen LogP contribution in [0.5, 0.6) is 0 Å². The lowest BCUT2D eigenvalue weighted by Gasteiger charge is -2.33. The number of nitrogens with zero attached hydrogens (tertiary/aromatic N) is 2. The van der Waals surface area contributed by atoms with Crippen LogP contribution in [0.3, 0.4) is 0 Å². The molecule has 2 aliphatic rings. The number of nitrogens with one attached hydrogen (secondary N) is 1. The highest BCUT2D eigenvalue weighted by Crippen LogP contribution is 2.40. The summed E-state index contributed by atoms with van der Waals surface area (Å²) in [6.07, 6.45) is 3.04. The number of hydrogen-bond acceptors (Lipinski definition) is 4. The second-order valence-corrected chi connectivity index (χ2v) is 7.91. The Labute approximate surface area is 137 Å². The van der Waals surface area contributed by atoms with Crippen molar-refractivity contribution in [3.8, 4) is 6.07 Å². The summed E-state index contributed by atoms with van der Waals surface area (Å²) in [6.45, 7) is 3.18. The van der Waals surface area contributed by atoms with Crippen molar-refractivity contribution in [2.24, 2.45) is 5.41 Å². The molecule has 120 valence electrons. The Balaban J connectivity index is 0.00000176. The van der Waals surface area contributed by atoms with Gasteiger partial charge in [0.2, 0.25) is 10.0 Å². The van der Waals surface area contributed by atoms with Crippen molar-refractivity contribution >= 4 is 22.4 Å². The van der Waals surface area contributed by atoms with Crippen LogP contribution in [-0.4, -0.2) is 38.9 Å². The van der Waals surface area contributed by atoms with Gasteiger partial charge in [-0.05, 0) is 62.0 Å². The maximum absolute atomic E-state index is 12.7. The SMILES string of the molecule is Cl.N#Cc1ccc(S(=O)(=O)N2CCC3(CCNCC3)C2)cc1. The van der Waals surface area contributed by atoms with Crippen LogP contribution in [0, 0.1) is 16.7 Å². The zero-order valence-electron chi connectivity index (χ0n) is 12.3. The molecular formula is C15H20ClN3O2S. The summed E-state index contributed by atoms with van der Waals surface area (Å²) in [5.74, 6) is 0. The van der Waals surface area contributed by atoms with E-state index in [1.165, 1.54) is 12.1 Å². The van der Waals surface area contributed by atoms with Gasteiger partial charge < -0.3 is 5.32 Å². The quantitative estimate of drug-likeness (QED) is 0.889. The van der Waals surface area contributed by atoms with Gasteiger partial charge in [0.25, 0.3) is 0 Å². The van der Waals surface area contributed by atoms with Gasteiger partial charge in [-0.2, -0.15) is 9.57 Å². The summed E-state index contributed by atoms with van der Waals surface area (Å²) in [7, 11) is -3.44. The maximum Gasteiger partial charge on any atom is 0.243 e. The molecule has 0 amide bonds. The number of piperidine rings is 1. The molecule has 0 aromatic heterocycles. The second kappa shape index (κ2) is 6.55. The van der Waals surface area contributed by atoms with Gasteiger partial charge in [-0.15, -0.1) is 12.4 Å². The van der Waals surface area contributed by atoms with E-state index in [2.05, 4.69) is 5.32 Å². The van der Waals surface area contributed by atoms with Gasteiger partial charge >= 0.3 is 0 Å². The minimum Gasteiger partial charge on any atom is -0.317 e. The fourth-order valence-electron chi connectivity index (χ4n) is 3.31. The molecule has 0 aliphatic carbocycles. The molecule has 2 fully saturated rings. The summed E-state index contributed by atoms with van der Waals surface area (Å²) in [4.78, 5) is 0.285. The third-order valence-electron chi connectivity index (χ3n) is 4.69. The third-order valence-corrected chi connectivity index (χ3v) is 6.55. The molecule has 0 saturated carbocycles. The van der Waals surface area contributed by atoms with E-state index in [1.807, 2.05) is 6.07 Å². The van der Waals surface area contributed by atoms with Crippen LogP contribution in [0.2, 0.25) is 0 Å². The molecule has 0 bridgehead atoms. The third kappa shape index (κ3) is 3.13. The number of halogens is 1. The molecule has 3 rings (SSSR count). The standard InChI is InChI=1S/C15H19N3O2S.ClH/c16-11-13-1-3-14(4-2-13)21(19,20)18-10-7-15(12-18)5-8-17-9-6-15;/h1-4,17H,5-10,12H2;1H. The van der Waals surface area contributed by atoms with Gasteiger partial charge in [-0.1, -0.05) is 0 Å². The van der Waals surface area contributed by atoms with Crippen LogP contribution in [0.4, 0.5) is 0 Å². The van der Waals surface area contributed by atoms with Gasteiger partial charge in [-0.3, -0.25) is 0 Å². The summed E-state index contributed by atoms with van der Waals surface area (Å²) < 4.78 is 27.0. The smallest absolute Gasteiger partial charge is 0.243 e. The van der Waals surface area contributed by atoms with Gasteiger partial charge in [0.15, 0.2) is 0 Å². The highest BCUT2D eigenvalue weighted by molar-refractivity contribution is 7.89. The molecule has 0 unspecified atom stereocenters. The van der Waals surface area contributed by atoms with Gasteiger partial charge in [0, 0.05) is 13.1 Å². The van der Waals surface area contributed by atoms with Crippen LogP contribution in [0.1, 0.15) is 24.8 Å². The fourth-order valence-corrected chi connectivity index (χ4v) is 4.87. The fraction of sp³-hybridized carbons (Fsp3) is 0.533. The van der Waals surface area contributed by atoms with E-state index in [0.717, 1.165) is 32.4 Å². The minimum absolute atomic E-state index is 0. The van der Waals surface area contributed by atoms with Crippen LogP contribution >= 0.6 is 12.4 Å². The van der Waals surface area contributed by atoms with E-state index in [1.54, 1.807) is 16.4 Å². The summed E-state index contributed by atoms with van der Waals surface area (Å²) in [5.41, 5.74) is 0.635. The van der Waals surface area contributed by atoms with Crippen LogP contribution in [-0.2, 0) is 10.0 Å². The molecule has 1 aromatic rings. The molecule has 2 aliphatic heterocycles. The van der Waals surface area contributed by atoms with Crippen molar-refractivity contribution in [2.75, 3.05) is 26.2 Å². The molecule has 1 N–H and O–H groups in total. The molecule has 1 aromatic carbocycles. The summed E-state index contributed by atoms with van der Waals surface area (Å²) in [6, 6.07) is 8.18. The van der Waals surface area contributed by atoms with Gasteiger partial charge in [0.05, 0.1) is 16.5 Å². The summed E-state index contributed by atoms with van der Waals surface area (Å²) in [5, 5.41) is 12.1. The first-order valence-electron chi connectivity index (χ1n) is 7.27. The average Bonchev–Trinajstić information content (AvgIpc) is 2.92. The first-order chi connectivity index (χ1) is 10.1. The van der Waals surface area contributed by atoms with Crippen molar-refractivity contribution < 1.29 is 8.42 Å². The van der Waals surface area contributed by atoms with Crippen molar-refractivity contribution in [3.63, 3.8) is 0 Å². The summed E-state index contributed by atoms with van der Waals surface area (Å²) >= 11 is 0. The van der Waals surface area contributed by atoms with E-state index in [9.17, 15) is 8.42 Å². The molecule has 22 heavy (non-hydrogen) atoms. The predicted molar refractivity (Wildman–Crippen MR) is 86.3 cm³/mol. The first-order valence-corrected chi connectivity index (χ1v) is 8.71. The molecule has 5 nitrogen and oxygen atoms in total. The zero-order chi connectivity index (χ0) is 14.9. The highest BCUT2D eigenvalue weighted by Gasteiger charge is 2.43. The zero-order valence-corrected chi connectivity index (χ0v) is 13.9. The Bertz CT molecular complexity index is 661. The van der Waals surface area contributed by atoms with Crippen molar-refractivity contribution in [1.29, 1.82) is 5.26 Å². The first kappa shape index (κ1) is 17.2. The largest absolute Gasteiger partial charge is 0.317 e. The van der Waals surface area contributed by atoms with Gasteiger partial charge in [-0.25, -0.2) is 8.42 Å². The van der Waals surface area contributed by atoms with Crippen LogP contribution in [0.25, 0.3) is 0 Å². The molecule has 1 spiro atoms. The van der Waals surface area contributed by atoms with E-state index in [4.69, 9.17) is 5.26 Å². The van der Waals surface area contributed by atoms with Crippen LogP contribution < -0.4 is 5.32 Å². The highest BCUT2D eigenvalue weighted by atomic mass is 35.5. The van der Waals surface area contributed by atoms with Crippen molar-refractivity contribution in [1.82, 2.24) is 9.62 Å². The Kier molecular flexibility index (Phi) is 5.13. The Morgan fingerprint density at radius 2 is 1.77 bits per heavy atom. The monoisotopic (exact) mass is 341 g/mol. The number of sulfonamides is 1. The molecule has 2 heterocycles. The Hall–Kier alpha value is -1.13. The van der Waals surface area contributed by atoms with E-state index in [-0.39, 0.29) is 22.7 Å². The van der Waals surface area contributed by atoms with E-state index >= 15 is 0 Å². The van der Waals surface area contributed by atoms with Crippen LogP contribution in [0.15, 0.2) is 29.2 Å². The number of rotatable bonds is 2. The van der Waals surface area contributed by atoms with E-state index in [0.29, 0.717) is 18.7 Å². The molecule has 0 atom stereocenters. The lowest BCUT2D eigenvalue weighted by Crippen LogP contribution is -2.39. The lowest BCUT2D eigenvalue weighted by atomic mass is 9.78. The lowest BCUT2D eigenvalue weighted by molar-refractivity contribution is 0.218. The van der Waals surface area contributed by atoms with E-state index < -0.39 is 10.0 Å². The number of nitriles is 1. The molecule has 7 heteroatoms. The van der Waals surface area contributed by atoms with Crippen molar-refractivity contribution in [2.45, 2.75) is 24.2 Å². The Morgan fingerprint density at radius 3 is 2.36 bits per heavy atom.